The van der Waals surface area contributed by atoms with E-state index in [0.29, 0.717) is 13.1 Å². The molecule has 1 saturated heterocycles. The van der Waals surface area contributed by atoms with Gasteiger partial charge in [-0.2, -0.15) is 11.8 Å². The molecule has 2 amide bonds. The van der Waals surface area contributed by atoms with Crippen molar-refractivity contribution in [2.24, 2.45) is 0 Å². The van der Waals surface area contributed by atoms with Gasteiger partial charge in [-0.25, -0.2) is 0 Å². The number of amides is 2. The van der Waals surface area contributed by atoms with E-state index in [2.05, 4.69) is 11.6 Å². The summed E-state index contributed by atoms with van der Waals surface area (Å²) >= 11 is 1.77. The Morgan fingerprint density at radius 1 is 1.24 bits per heavy atom. The van der Waals surface area contributed by atoms with Gasteiger partial charge in [0.2, 0.25) is 5.91 Å². The molecule has 0 radical (unpaired) electrons. The average Bonchev–Trinajstić information content (AvgIpc) is 2.48. The summed E-state index contributed by atoms with van der Waals surface area (Å²) < 4.78 is 0. The third-order valence-electron chi connectivity index (χ3n) is 3.70. The molecule has 4 nitrogen and oxygen atoms in total. The van der Waals surface area contributed by atoms with Gasteiger partial charge >= 0.3 is 0 Å². The summed E-state index contributed by atoms with van der Waals surface area (Å²) in [6.07, 6.45) is 3.73. The molecule has 21 heavy (non-hydrogen) atoms. The minimum absolute atomic E-state index is 0.00385. The van der Waals surface area contributed by atoms with E-state index < -0.39 is 0 Å². The number of thioether (sulfide) groups is 1. The minimum Gasteiger partial charge on any atom is -0.353 e. The first kappa shape index (κ1) is 15.9. The van der Waals surface area contributed by atoms with Gasteiger partial charge in [-0.3, -0.25) is 9.59 Å². The Labute approximate surface area is 130 Å². The zero-order valence-electron chi connectivity index (χ0n) is 12.6. The van der Waals surface area contributed by atoms with Gasteiger partial charge in [0.05, 0.1) is 0 Å². The molecule has 1 aliphatic heterocycles. The Kier molecular flexibility index (Phi) is 5.67. The number of hydrogen-bond donors (Lipinski definition) is 1. The average molecular weight is 306 g/mol. The zero-order chi connectivity index (χ0) is 15.2. The van der Waals surface area contributed by atoms with Crippen molar-refractivity contribution >= 4 is 23.6 Å². The maximum absolute atomic E-state index is 12.4. The summed E-state index contributed by atoms with van der Waals surface area (Å²) in [5.74, 6) is 1.06. The van der Waals surface area contributed by atoms with Crippen molar-refractivity contribution in [1.29, 1.82) is 0 Å². The fourth-order valence-corrected chi connectivity index (χ4v) is 3.13. The highest BCUT2D eigenvalue weighted by molar-refractivity contribution is 7.97. The summed E-state index contributed by atoms with van der Waals surface area (Å²) in [7, 11) is 0. The molecule has 1 heterocycles. The van der Waals surface area contributed by atoms with Crippen molar-refractivity contribution < 1.29 is 9.59 Å². The first-order chi connectivity index (χ1) is 10.1. The minimum atomic E-state index is 0.00385. The fraction of sp³-hybridized carbons (Fsp3) is 0.500. The quantitative estimate of drug-likeness (QED) is 0.928. The van der Waals surface area contributed by atoms with Crippen molar-refractivity contribution in [1.82, 2.24) is 10.2 Å². The number of hydrogen-bond acceptors (Lipinski definition) is 3. The van der Waals surface area contributed by atoms with Crippen LogP contribution in [0.3, 0.4) is 0 Å². The summed E-state index contributed by atoms with van der Waals surface area (Å²) in [6.45, 7) is 2.94. The standard InChI is InChI=1S/C16H22N2O2S/c1-12(19)17-15-7-9-18(10-8-15)16(20)14-5-3-13(4-6-14)11-21-2/h3-6,15H,7-11H2,1-2H3,(H,17,19). The smallest absolute Gasteiger partial charge is 0.253 e. The lowest BCUT2D eigenvalue weighted by Crippen LogP contribution is -2.46. The highest BCUT2D eigenvalue weighted by atomic mass is 32.2. The number of carbonyl (C=O) groups is 2. The SMILES string of the molecule is CSCc1ccc(C(=O)N2CCC(NC(C)=O)CC2)cc1. The van der Waals surface area contributed by atoms with E-state index in [9.17, 15) is 9.59 Å². The molecule has 114 valence electrons. The maximum atomic E-state index is 12.4. The van der Waals surface area contributed by atoms with Gasteiger partial charge in [-0.1, -0.05) is 12.1 Å². The molecular weight excluding hydrogens is 284 g/mol. The predicted octanol–water partition coefficient (Wildman–Crippen LogP) is 2.29. The number of benzene rings is 1. The Hall–Kier alpha value is -1.49. The topological polar surface area (TPSA) is 49.4 Å². The largest absolute Gasteiger partial charge is 0.353 e. The van der Waals surface area contributed by atoms with Crippen molar-refractivity contribution in [3.63, 3.8) is 0 Å². The van der Waals surface area contributed by atoms with Crippen molar-refractivity contribution in [3.8, 4) is 0 Å². The third kappa shape index (κ3) is 4.49. The van der Waals surface area contributed by atoms with E-state index in [-0.39, 0.29) is 17.9 Å². The van der Waals surface area contributed by atoms with Crippen LogP contribution in [0.2, 0.25) is 0 Å². The number of carbonyl (C=O) groups excluding carboxylic acids is 2. The Morgan fingerprint density at radius 2 is 1.86 bits per heavy atom. The molecule has 1 aromatic rings. The Balaban J connectivity index is 1.90. The van der Waals surface area contributed by atoms with Crippen LogP contribution in [-0.2, 0) is 10.5 Å². The molecule has 0 unspecified atom stereocenters. The third-order valence-corrected chi connectivity index (χ3v) is 4.32. The van der Waals surface area contributed by atoms with E-state index in [1.165, 1.54) is 12.5 Å². The van der Waals surface area contributed by atoms with Crippen LogP contribution in [0, 0.1) is 0 Å². The molecule has 0 aliphatic carbocycles. The van der Waals surface area contributed by atoms with Crippen LogP contribution in [0.25, 0.3) is 0 Å². The molecule has 1 aromatic carbocycles. The lowest BCUT2D eigenvalue weighted by atomic mass is 10.0. The van der Waals surface area contributed by atoms with Crippen molar-refractivity contribution in [2.45, 2.75) is 31.6 Å². The van der Waals surface area contributed by atoms with E-state index in [4.69, 9.17) is 0 Å². The number of rotatable bonds is 4. The van der Waals surface area contributed by atoms with E-state index in [0.717, 1.165) is 24.2 Å². The number of nitrogens with zero attached hydrogens (tertiary/aromatic N) is 1. The van der Waals surface area contributed by atoms with Crippen LogP contribution >= 0.6 is 11.8 Å². The fourth-order valence-electron chi connectivity index (χ4n) is 2.61. The molecule has 0 atom stereocenters. The normalized spacial score (nSPS) is 15.8. The predicted molar refractivity (Wildman–Crippen MR) is 86.4 cm³/mol. The lowest BCUT2D eigenvalue weighted by Gasteiger charge is -2.32. The molecular formula is C16H22N2O2S. The molecule has 0 aromatic heterocycles. The first-order valence-corrected chi connectivity index (χ1v) is 8.64. The van der Waals surface area contributed by atoms with Crippen molar-refractivity contribution in [3.05, 3.63) is 35.4 Å². The molecule has 2 rings (SSSR count). The summed E-state index contributed by atoms with van der Waals surface area (Å²) in [4.78, 5) is 25.3. The Morgan fingerprint density at radius 3 is 2.38 bits per heavy atom. The molecule has 1 N–H and O–H groups in total. The van der Waals surface area contributed by atoms with Gasteiger partial charge in [0.1, 0.15) is 0 Å². The number of piperidine rings is 1. The van der Waals surface area contributed by atoms with Gasteiger partial charge < -0.3 is 10.2 Å². The van der Waals surface area contributed by atoms with Crippen LogP contribution in [0.4, 0.5) is 0 Å². The summed E-state index contributed by atoms with van der Waals surface area (Å²) in [6, 6.07) is 8.07. The second-order valence-corrected chi connectivity index (χ2v) is 6.26. The second kappa shape index (κ2) is 7.50. The summed E-state index contributed by atoms with van der Waals surface area (Å²) in [5, 5.41) is 2.92. The first-order valence-electron chi connectivity index (χ1n) is 7.24. The van der Waals surface area contributed by atoms with Crippen LogP contribution in [0.1, 0.15) is 35.7 Å². The van der Waals surface area contributed by atoms with Gasteiger partial charge in [0.15, 0.2) is 0 Å². The highest BCUT2D eigenvalue weighted by Crippen LogP contribution is 2.16. The van der Waals surface area contributed by atoms with E-state index >= 15 is 0 Å². The lowest BCUT2D eigenvalue weighted by molar-refractivity contribution is -0.119. The van der Waals surface area contributed by atoms with Crippen molar-refractivity contribution in [2.75, 3.05) is 19.3 Å². The maximum Gasteiger partial charge on any atom is 0.253 e. The van der Waals surface area contributed by atoms with Crippen LogP contribution in [-0.4, -0.2) is 42.1 Å². The molecule has 5 heteroatoms. The monoisotopic (exact) mass is 306 g/mol. The molecule has 0 saturated carbocycles. The molecule has 0 spiro atoms. The molecule has 0 bridgehead atoms. The molecule has 1 aliphatic rings. The van der Waals surface area contributed by atoms with Crippen LogP contribution < -0.4 is 5.32 Å². The van der Waals surface area contributed by atoms with Crippen LogP contribution in [0.15, 0.2) is 24.3 Å². The highest BCUT2D eigenvalue weighted by Gasteiger charge is 2.23. The zero-order valence-corrected chi connectivity index (χ0v) is 13.4. The van der Waals surface area contributed by atoms with E-state index in [1.807, 2.05) is 29.2 Å². The van der Waals surface area contributed by atoms with Gasteiger partial charge in [0.25, 0.3) is 5.91 Å². The number of nitrogens with one attached hydrogen (secondary N) is 1. The van der Waals surface area contributed by atoms with Gasteiger partial charge in [-0.15, -0.1) is 0 Å². The van der Waals surface area contributed by atoms with Crippen LogP contribution in [0.5, 0.6) is 0 Å². The summed E-state index contributed by atoms with van der Waals surface area (Å²) in [5.41, 5.74) is 1.99. The Bertz CT molecular complexity index is 494. The number of likely N-dealkylation sites (tertiary alicyclic amines) is 1. The molecule has 1 fully saturated rings. The van der Waals surface area contributed by atoms with Gasteiger partial charge in [-0.05, 0) is 36.8 Å². The van der Waals surface area contributed by atoms with Gasteiger partial charge in [0, 0.05) is 37.4 Å². The second-order valence-electron chi connectivity index (χ2n) is 5.40. The van der Waals surface area contributed by atoms with E-state index in [1.54, 1.807) is 11.8 Å².